The molecule has 118 valence electrons. The zero-order valence-electron chi connectivity index (χ0n) is 12.8. The molecule has 0 fully saturated rings. The summed E-state index contributed by atoms with van der Waals surface area (Å²) in [4.78, 5) is 11.4. The van der Waals surface area contributed by atoms with Crippen LogP contribution in [0.3, 0.4) is 0 Å². The summed E-state index contributed by atoms with van der Waals surface area (Å²) in [5.74, 6) is 0. The van der Waals surface area contributed by atoms with Gasteiger partial charge in [-0.25, -0.2) is 4.74 Å². The molecule has 0 aliphatic rings. The zero-order chi connectivity index (χ0) is 15.4. The molecule has 20 heavy (non-hydrogen) atoms. The maximum Gasteiger partial charge on any atom is 0.735 e. The van der Waals surface area contributed by atoms with E-state index in [4.69, 9.17) is 9.47 Å². The monoisotopic (exact) mass is 290 g/mol. The minimum atomic E-state index is -0.984. The van der Waals surface area contributed by atoms with Gasteiger partial charge in [0.1, 0.15) is 6.10 Å². The summed E-state index contributed by atoms with van der Waals surface area (Å²) < 4.78 is 18.3. The fourth-order valence-corrected chi connectivity index (χ4v) is 1.58. The third-order valence-corrected chi connectivity index (χ3v) is 2.76. The van der Waals surface area contributed by atoms with E-state index >= 15 is 0 Å². The van der Waals surface area contributed by atoms with Gasteiger partial charge < -0.3 is 14.7 Å². The zero-order valence-corrected chi connectivity index (χ0v) is 12.8. The molecule has 6 heteroatoms. The van der Waals surface area contributed by atoms with Gasteiger partial charge in [-0.15, -0.1) is 0 Å². The second kappa shape index (κ2) is 11.4. The Labute approximate surface area is 120 Å². The first-order valence-electron chi connectivity index (χ1n) is 7.25. The van der Waals surface area contributed by atoms with Crippen LogP contribution in [0.5, 0.6) is 0 Å². The molecule has 0 saturated heterocycles. The SMILES string of the molecule is CCCCC(C)OC(=O)OC(OC(C)CCCC)=[O+][O-]. The van der Waals surface area contributed by atoms with Crippen molar-refractivity contribution >= 4 is 12.3 Å². The maximum atomic E-state index is 11.4. The number of hydrogen-bond acceptors (Lipinski definition) is 5. The molecule has 0 amide bonds. The predicted octanol–water partition coefficient (Wildman–Crippen LogP) is 3.24. The van der Waals surface area contributed by atoms with Crippen LogP contribution in [0, 0.1) is 0 Å². The molecule has 0 aliphatic heterocycles. The highest BCUT2D eigenvalue weighted by Crippen LogP contribution is 2.08. The van der Waals surface area contributed by atoms with Crippen molar-refractivity contribution in [1.82, 2.24) is 0 Å². The van der Waals surface area contributed by atoms with Crippen molar-refractivity contribution < 1.29 is 28.8 Å². The van der Waals surface area contributed by atoms with Crippen molar-refractivity contribution in [2.75, 3.05) is 0 Å². The smallest absolute Gasteiger partial charge is 0.628 e. The van der Waals surface area contributed by atoms with Crippen molar-refractivity contribution in [3.63, 3.8) is 0 Å². The van der Waals surface area contributed by atoms with E-state index in [0.29, 0.717) is 0 Å². The highest BCUT2D eigenvalue weighted by atomic mass is 17.1. The van der Waals surface area contributed by atoms with Crippen molar-refractivity contribution in [2.45, 2.75) is 78.4 Å². The van der Waals surface area contributed by atoms with Crippen LogP contribution < -0.4 is 5.26 Å². The lowest BCUT2D eigenvalue weighted by atomic mass is 10.2. The van der Waals surface area contributed by atoms with Crippen LogP contribution in [0.15, 0.2) is 0 Å². The molecule has 0 aromatic carbocycles. The number of carbonyl (C=O) groups is 1. The minimum Gasteiger partial charge on any atom is -0.628 e. The number of unbranched alkanes of at least 4 members (excludes halogenated alkanes) is 2. The van der Waals surface area contributed by atoms with E-state index in [-0.39, 0.29) is 12.2 Å². The molecule has 0 aromatic heterocycles. The summed E-state index contributed by atoms with van der Waals surface area (Å²) in [5.41, 5.74) is 0. The van der Waals surface area contributed by atoms with Gasteiger partial charge in [-0.2, -0.15) is 4.79 Å². The van der Waals surface area contributed by atoms with E-state index in [2.05, 4.69) is 9.31 Å². The van der Waals surface area contributed by atoms with Gasteiger partial charge in [-0.05, 0) is 26.7 Å². The van der Waals surface area contributed by atoms with Crippen molar-refractivity contribution in [2.24, 2.45) is 0 Å². The lowest BCUT2D eigenvalue weighted by Gasteiger charge is -2.10. The Hall–Kier alpha value is -1.46. The molecule has 0 bridgehead atoms. The molecule has 0 aliphatic carbocycles. The van der Waals surface area contributed by atoms with Gasteiger partial charge in [0, 0.05) is 6.42 Å². The molecule has 0 heterocycles. The first kappa shape index (κ1) is 18.5. The second-order valence-electron chi connectivity index (χ2n) is 4.83. The average Bonchev–Trinajstić information content (AvgIpc) is 2.41. The molecule has 0 aromatic rings. The minimum absolute atomic E-state index is 0.260. The molecule has 0 rings (SSSR count). The third kappa shape index (κ3) is 9.47. The summed E-state index contributed by atoms with van der Waals surface area (Å²) in [6, 6.07) is 0. The Balaban J connectivity index is 4.06. The number of rotatable bonds is 8. The van der Waals surface area contributed by atoms with Crippen LogP contribution >= 0.6 is 0 Å². The summed E-state index contributed by atoms with van der Waals surface area (Å²) in [6.07, 6.45) is 3.20. The van der Waals surface area contributed by atoms with Gasteiger partial charge in [0.05, 0.1) is 0 Å². The Morgan fingerprint density at radius 2 is 1.55 bits per heavy atom. The van der Waals surface area contributed by atoms with Gasteiger partial charge in [-0.1, -0.05) is 33.1 Å². The van der Waals surface area contributed by atoms with Crippen LogP contribution in [-0.2, 0) is 14.2 Å². The number of hydrogen-bond donors (Lipinski definition) is 0. The van der Waals surface area contributed by atoms with Crippen LogP contribution in [-0.4, -0.2) is 24.5 Å². The largest absolute Gasteiger partial charge is 0.735 e. The van der Waals surface area contributed by atoms with Crippen LogP contribution in [0.2, 0.25) is 0 Å². The molecule has 0 spiro atoms. The average molecular weight is 290 g/mol. The van der Waals surface area contributed by atoms with Crippen molar-refractivity contribution in [3.05, 3.63) is 0 Å². The van der Waals surface area contributed by atoms with E-state index < -0.39 is 12.3 Å². The molecular weight excluding hydrogens is 264 g/mol. The van der Waals surface area contributed by atoms with E-state index in [1.165, 1.54) is 0 Å². The van der Waals surface area contributed by atoms with Crippen LogP contribution in [0.4, 0.5) is 9.37 Å². The normalized spacial score (nSPS) is 14.5. The maximum absolute atomic E-state index is 11.4. The summed E-state index contributed by atoms with van der Waals surface area (Å²) in [7, 11) is 0. The number of ether oxygens (including phenoxy) is 3. The number of carbonyl (C=O) groups excluding carboxylic acids is 2. The second-order valence-corrected chi connectivity index (χ2v) is 4.83. The summed E-state index contributed by atoms with van der Waals surface area (Å²) in [5, 5.41) is 10.4. The first-order valence-corrected chi connectivity index (χ1v) is 7.25. The molecule has 0 radical (unpaired) electrons. The highest BCUT2D eigenvalue weighted by Gasteiger charge is 2.28. The molecular formula is C14H26O6. The fraction of sp³-hybridized carbons (Fsp3) is 0.857. The van der Waals surface area contributed by atoms with Gasteiger partial charge in [0.25, 0.3) is 0 Å². The molecule has 0 saturated carbocycles. The quantitative estimate of drug-likeness (QED) is 0.225. The molecule has 0 N–H and O–H groups in total. The van der Waals surface area contributed by atoms with Crippen LogP contribution in [0.1, 0.15) is 66.2 Å². The topological polar surface area (TPSA) is 79.1 Å². The Morgan fingerprint density at radius 3 is 2.00 bits per heavy atom. The Kier molecular flexibility index (Phi) is 10.5. The lowest BCUT2D eigenvalue weighted by molar-refractivity contribution is -0.869. The summed E-state index contributed by atoms with van der Waals surface area (Å²) >= 11 is 0. The van der Waals surface area contributed by atoms with E-state index in [1.54, 1.807) is 13.8 Å². The van der Waals surface area contributed by atoms with Crippen LogP contribution in [0.25, 0.3) is 0 Å². The Bertz CT molecular complexity index is 289. The predicted molar refractivity (Wildman–Crippen MR) is 72.0 cm³/mol. The molecule has 2 atom stereocenters. The third-order valence-electron chi connectivity index (χ3n) is 2.76. The fourth-order valence-electron chi connectivity index (χ4n) is 1.58. The van der Waals surface area contributed by atoms with Crippen molar-refractivity contribution in [3.8, 4) is 0 Å². The van der Waals surface area contributed by atoms with Gasteiger partial charge in [0.2, 0.25) is 0 Å². The molecule has 2 unspecified atom stereocenters. The standard InChI is InChI=1S/C14H26O6/c1-5-7-9-11(3)17-13(15)19-14(20-16)18-12(4)10-8-6-2/h11-12H,5-10H2,1-4H3. The van der Waals surface area contributed by atoms with Gasteiger partial charge in [0.15, 0.2) is 6.10 Å². The van der Waals surface area contributed by atoms with Gasteiger partial charge >= 0.3 is 12.3 Å². The van der Waals surface area contributed by atoms with E-state index in [0.717, 1.165) is 38.5 Å². The molecule has 6 nitrogen and oxygen atoms in total. The van der Waals surface area contributed by atoms with E-state index in [1.807, 2.05) is 13.8 Å². The highest BCUT2D eigenvalue weighted by molar-refractivity contribution is 5.77. The van der Waals surface area contributed by atoms with Gasteiger partial charge in [-0.3, -0.25) is 4.58 Å². The van der Waals surface area contributed by atoms with E-state index in [9.17, 15) is 10.1 Å². The first-order chi connectivity index (χ1) is 9.53. The van der Waals surface area contributed by atoms with Crippen molar-refractivity contribution in [1.29, 1.82) is 0 Å². The lowest BCUT2D eigenvalue weighted by Crippen LogP contribution is -2.24. The summed E-state index contributed by atoms with van der Waals surface area (Å²) in [6.45, 7) is 7.63. The Morgan fingerprint density at radius 1 is 1.05 bits per heavy atom.